The number of nitrogens with two attached hydrogens (primary N) is 4. The Bertz CT molecular complexity index is 2050. The van der Waals surface area contributed by atoms with Crippen LogP contribution in [0.15, 0.2) is 59.6 Å². The number of guanidine groups is 1. The van der Waals surface area contributed by atoms with E-state index in [2.05, 4.69) is 31.6 Å². The van der Waals surface area contributed by atoms with Crippen LogP contribution in [-0.2, 0) is 51.2 Å². The smallest absolute Gasteiger partial charge is 0.322 e. The molecule has 2 aromatic carbocycles. The van der Waals surface area contributed by atoms with E-state index in [9.17, 15) is 43.5 Å². The summed E-state index contributed by atoms with van der Waals surface area (Å²) in [6, 6.07) is 7.21. The zero-order chi connectivity index (χ0) is 52.5. The van der Waals surface area contributed by atoms with Crippen molar-refractivity contribution in [1.82, 2.24) is 36.4 Å². The molecule has 0 saturated heterocycles. The number of nitrogens with zero attached hydrogens (tertiary/aromatic N) is 3. The first-order valence-corrected chi connectivity index (χ1v) is 23.7. The van der Waals surface area contributed by atoms with Gasteiger partial charge in [0.05, 0.1) is 6.04 Å². The molecule has 0 fully saturated rings. The second-order valence-corrected chi connectivity index (χ2v) is 17.8. The molecule has 22 heteroatoms. The number of carbonyl (C=O) groups excluding carboxylic acids is 7. The van der Waals surface area contributed by atoms with Crippen molar-refractivity contribution in [3.05, 3.63) is 65.7 Å². The van der Waals surface area contributed by atoms with Crippen molar-refractivity contribution in [1.29, 1.82) is 0 Å². The number of unbranched alkanes of at least 4 members (excludes halogenated alkanes) is 1. The lowest BCUT2D eigenvalue weighted by atomic mass is 9.98. The van der Waals surface area contributed by atoms with Crippen molar-refractivity contribution >= 4 is 53.3 Å². The van der Waals surface area contributed by atoms with E-state index in [0.717, 1.165) is 10.5 Å². The summed E-state index contributed by atoms with van der Waals surface area (Å²) in [5.41, 5.74) is 24.3. The largest absolute Gasteiger partial charge is 0.508 e. The third-order valence-electron chi connectivity index (χ3n) is 11.5. The Hall–Kier alpha value is -6.81. The fourth-order valence-corrected chi connectivity index (χ4v) is 7.35. The van der Waals surface area contributed by atoms with Crippen LogP contribution in [0, 0.1) is 5.92 Å². The molecular weight excluding hydrogens is 905 g/mol. The summed E-state index contributed by atoms with van der Waals surface area (Å²) in [6.07, 6.45) is 2.35. The van der Waals surface area contributed by atoms with Gasteiger partial charge in [0.15, 0.2) is 5.96 Å². The van der Waals surface area contributed by atoms with Gasteiger partial charge in [-0.2, -0.15) is 0 Å². The van der Waals surface area contributed by atoms with Gasteiger partial charge in [-0.3, -0.25) is 43.3 Å². The van der Waals surface area contributed by atoms with E-state index >= 15 is 0 Å². The van der Waals surface area contributed by atoms with Gasteiger partial charge in [0.2, 0.25) is 41.4 Å². The van der Waals surface area contributed by atoms with Crippen molar-refractivity contribution in [3.63, 3.8) is 0 Å². The van der Waals surface area contributed by atoms with Crippen LogP contribution in [-0.4, -0.2) is 149 Å². The molecule has 2 aromatic rings. The molecule has 70 heavy (non-hydrogen) atoms. The third kappa shape index (κ3) is 20.8. The molecule has 0 aliphatic rings. The van der Waals surface area contributed by atoms with Gasteiger partial charge in [0.25, 0.3) is 0 Å². The number of hydrogen-bond acceptors (Lipinski definition) is 12. The highest BCUT2D eigenvalue weighted by molar-refractivity contribution is 5.97. The van der Waals surface area contributed by atoms with E-state index in [1.165, 1.54) is 38.1 Å². The molecule has 0 aliphatic heterocycles. The Morgan fingerprint density at radius 1 is 0.657 bits per heavy atom. The van der Waals surface area contributed by atoms with Crippen molar-refractivity contribution in [3.8, 4) is 5.75 Å². The molecule has 0 unspecified atom stereocenters. The zero-order valence-corrected chi connectivity index (χ0v) is 41.3. The number of carbonyl (C=O) groups is 8. The third-order valence-corrected chi connectivity index (χ3v) is 11.5. The van der Waals surface area contributed by atoms with E-state index in [4.69, 9.17) is 28.0 Å². The summed E-state index contributed by atoms with van der Waals surface area (Å²) in [7, 11) is 2.81. The Labute approximate surface area is 410 Å². The lowest BCUT2D eigenvalue weighted by Gasteiger charge is -2.34. The number of amides is 7. The van der Waals surface area contributed by atoms with Gasteiger partial charge in [-0.05, 0) is 87.6 Å². The van der Waals surface area contributed by atoms with E-state index in [0.29, 0.717) is 24.8 Å². The molecule has 0 spiro atoms. The highest BCUT2D eigenvalue weighted by Crippen LogP contribution is 2.17. The molecule has 0 heterocycles. The monoisotopic (exact) mass is 981 g/mol. The minimum absolute atomic E-state index is 0.0307. The molecule has 0 radical (unpaired) electrons. The maximum Gasteiger partial charge on any atom is 0.322 e. The Kier molecular flexibility index (Phi) is 26.0. The Morgan fingerprint density at radius 2 is 1.20 bits per heavy atom. The number of benzene rings is 2. The fourth-order valence-electron chi connectivity index (χ4n) is 7.35. The summed E-state index contributed by atoms with van der Waals surface area (Å²) in [6.45, 7) is 6.66. The maximum absolute atomic E-state index is 14.5. The average Bonchev–Trinajstić information content (AvgIpc) is 3.32. The lowest BCUT2D eigenvalue weighted by molar-refractivity contribution is -0.144. The normalized spacial score (nSPS) is 14.0. The van der Waals surface area contributed by atoms with Gasteiger partial charge in [-0.25, -0.2) is 0 Å². The van der Waals surface area contributed by atoms with E-state index in [1.54, 1.807) is 36.4 Å². The minimum atomic E-state index is -1.30. The summed E-state index contributed by atoms with van der Waals surface area (Å²) >= 11 is 0. The summed E-state index contributed by atoms with van der Waals surface area (Å²) in [5, 5.41) is 32.0. The van der Waals surface area contributed by atoms with Crippen LogP contribution in [0.4, 0.5) is 0 Å². The van der Waals surface area contributed by atoms with Crippen molar-refractivity contribution in [2.75, 3.05) is 33.7 Å². The number of likely N-dealkylation sites (N-methyl/N-ethyl adjacent to an activating group) is 2. The maximum atomic E-state index is 14.5. The predicted octanol–water partition coefficient (Wildman–Crippen LogP) is -0.653. The summed E-state index contributed by atoms with van der Waals surface area (Å²) < 4.78 is 0. The Morgan fingerprint density at radius 3 is 1.79 bits per heavy atom. The lowest BCUT2D eigenvalue weighted by Crippen LogP contribution is -2.60. The molecule has 0 saturated carbocycles. The number of rotatable bonds is 31. The molecule has 0 bridgehead atoms. The number of carboxylic acid groups (broad SMARTS) is 1. The van der Waals surface area contributed by atoms with Gasteiger partial charge in [0.1, 0.15) is 48.5 Å². The first-order valence-electron chi connectivity index (χ1n) is 23.7. The van der Waals surface area contributed by atoms with Crippen LogP contribution in [0.5, 0.6) is 5.75 Å². The molecule has 388 valence electrons. The minimum Gasteiger partial charge on any atom is -0.508 e. The standard InChI is InChI=1S/C48H76N12O10/c1-7-8-16-36(44(67)57-37(17-12-23-49)46(69)59(5)30(4)41(64)55-35(18-13-24-53-48(51)52)43(66)54-28-40(62)63)56-45(68)39(25-29(2)3)60(6)47(70)38(27-31-14-10-9-11-15-31)58-42(65)34(50)26-32-19-21-33(61)22-20-32/h9-11,14-15,19-22,29-30,34-39,61H,7-8,12-13,16-18,23-28,49-50H2,1-6H3,(H,54,66)(H,55,64)(H,56,68)(H,57,67)(H,58,65)(H,62,63)(H4,51,52,53)/t30-,34-,35-,36-,37-,38-,39-/m0/s1. The molecule has 22 nitrogen and oxygen atoms in total. The van der Waals surface area contributed by atoms with Gasteiger partial charge >= 0.3 is 5.97 Å². The summed E-state index contributed by atoms with van der Waals surface area (Å²) in [4.78, 5) is 115. The molecule has 0 aliphatic carbocycles. The van der Waals surface area contributed by atoms with E-state index < -0.39 is 96.2 Å². The van der Waals surface area contributed by atoms with E-state index in [1.807, 2.05) is 26.8 Å². The number of phenolic OH excluding ortho intramolecular Hbond substituents is 1. The number of carboxylic acids is 1. The average molecular weight is 981 g/mol. The van der Waals surface area contributed by atoms with E-state index in [-0.39, 0.29) is 75.7 Å². The van der Waals surface area contributed by atoms with Gasteiger partial charge in [-0.15, -0.1) is 0 Å². The van der Waals surface area contributed by atoms with Gasteiger partial charge < -0.3 is 69.5 Å². The summed E-state index contributed by atoms with van der Waals surface area (Å²) in [5.74, 6) is -6.21. The highest BCUT2D eigenvalue weighted by Gasteiger charge is 2.37. The van der Waals surface area contributed by atoms with Crippen LogP contribution in [0.25, 0.3) is 0 Å². The SMILES string of the molecule is CCCC[C@H](NC(=O)[C@H](CC(C)C)N(C)C(=O)[C@H](Cc1ccccc1)NC(=O)[C@@H](N)Cc1ccc(O)cc1)C(=O)N[C@@H](CCCN)C(=O)N(C)[C@@H](C)C(=O)N[C@@H](CCCN=C(N)N)C(=O)NCC(=O)O. The molecular formula is C48H76N12O10. The molecule has 7 amide bonds. The predicted molar refractivity (Wildman–Crippen MR) is 264 cm³/mol. The van der Waals surface area contributed by atoms with Gasteiger partial charge in [0, 0.05) is 27.1 Å². The van der Waals surface area contributed by atoms with Crippen LogP contribution in [0.1, 0.15) is 90.2 Å². The molecule has 7 atom stereocenters. The number of aliphatic carboxylic acids is 1. The van der Waals surface area contributed by atoms with Crippen molar-refractivity contribution in [2.45, 2.75) is 134 Å². The van der Waals surface area contributed by atoms with Crippen LogP contribution in [0.3, 0.4) is 0 Å². The van der Waals surface area contributed by atoms with Gasteiger partial charge in [-0.1, -0.05) is 76.1 Å². The zero-order valence-electron chi connectivity index (χ0n) is 41.3. The topological polar surface area (TPSA) is 360 Å². The van der Waals surface area contributed by atoms with Crippen LogP contribution < -0.4 is 49.5 Å². The second-order valence-electron chi connectivity index (χ2n) is 17.8. The number of hydrogen-bond donors (Lipinski definition) is 11. The van der Waals surface area contributed by atoms with Crippen LogP contribution in [0.2, 0.25) is 0 Å². The fraction of sp³-hybridized carbons (Fsp3) is 0.562. The first kappa shape index (κ1) is 59.3. The molecule has 2 rings (SSSR count). The highest BCUT2D eigenvalue weighted by atomic mass is 16.4. The molecule has 0 aromatic heterocycles. The van der Waals surface area contributed by atoms with Crippen molar-refractivity contribution in [2.24, 2.45) is 33.8 Å². The number of phenols is 1. The van der Waals surface area contributed by atoms with Crippen LogP contribution >= 0.6 is 0 Å². The number of nitrogens with one attached hydrogen (secondary N) is 5. The second kappa shape index (κ2) is 30.6. The van der Waals surface area contributed by atoms with Crippen molar-refractivity contribution < 1.29 is 48.6 Å². The number of aliphatic imine (C=N–C) groups is 1. The quantitative estimate of drug-likeness (QED) is 0.0254. The Balaban J connectivity index is 2.36. The first-order chi connectivity index (χ1) is 33.1. The number of aromatic hydroxyl groups is 1. The molecule has 15 N–H and O–H groups in total.